The third-order valence-corrected chi connectivity index (χ3v) is 8.29. The average Bonchev–Trinajstić information content (AvgIpc) is 3.61. The summed E-state index contributed by atoms with van der Waals surface area (Å²) in [5.41, 5.74) is 1.77. The zero-order valence-corrected chi connectivity index (χ0v) is 24.5. The Kier molecular flexibility index (Phi) is 10.1. The number of hydrogen-bond acceptors (Lipinski definition) is 11. The maximum atomic E-state index is 12.8. The van der Waals surface area contributed by atoms with Crippen LogP contribution in [0.2, 0.25) is 0 Å². The second-order valence-corrected chi connectivity index (χ2v) is 12.1. The molecule has 2 fully saturated rings. The molecule has 6 atom stereocenters. The van der Waals surface area contributed by atoms with Gasteiger partial charge >= 0.3 is 14.4 Å². The van der Waals surface area contributed by atoms with E-state index in [0.29, 0.717) is 29.9 Å². The standard InChI is InChI=1S/C24H29F3N5O6PS2/c1-40-10-8-28-20-17-21(31-23(30-20)41-9-7-24(25,26)27)32(13-29-17)22-19-18(15(36-22)12-35-39(33)34)37-16(38-19)11-14-5-3-2-4-6-14/h2-6,13,15-16,18-19,22,39H,7-12H2,1H3,(H,33,34)(H,28,30,31)/t15-,16?,18-,19-,22-/m1/s1. The SMILES string of the molecule is CSCCNc1nc(SCCC(F)(F)F)nc2c1ncn2[C@@H]1O[C@H](CO[PH](=O)O)[C@H]2OC(Cc3ccccc3)O[C@H]21. The minimum absolute atomic E-state index is 0.161. The molecule has 2 N–H and O–H groups in total. The second-order valence-electron chi connectivity index (χ2n) is 9.27. The third kappa shape index (κ3) is 7.73. The molecule has 0 saturated carbocycles. The summed E-state index contributed by atoms with van der Waals surface area (Å²) in [6.07, 6.45) is -4.72. The number of anilines is 1. The zero-order valence-electron chi connectivity index (χ0n) is 21.8. The van der Waals surface area contributed by atoms with Crippen molar-refractivity contribution in [3.05, 3.63) is 42.2 Å². The summed E-state index contributed by atoms with van der Waals surface area (Å²) in [7, 11) is -3.22. The lowest BCUT2D eigenvalue weighted by molar-refractivity contribution is -0.148. The van der Waals surface area contributed by atoms with Crippen LogP contribution < -0.4 is 5.32 Å². The molecule has 41 heavy (non-hydrogen) atoms. The van der Waals surface area contributed by atoms with Crippen molar-refractivity contribution in [1.82, 2.24) is 19.5 Å². The van der Waals surface area contributed by atoms with Crippen LogP contribution in [-0.4, -0.2) is 86.1 Å². The summed E-state index contributed by atoms with van der Waals surface area (Å²) in [5, 5.41) is 3.36. The highest BCUT2D eigenvalue weighted by Gasteiger charge is 2.54. The first kappa shape index (κ1) is 30.5. The normalized spacial score (nSPS) is 25.0. The van der Waals surface area contributed by atoms with E-state index in [1.807, 2.05) is 36.6 Å². The van der Waals surface area contributed by atoms with Crippen molar-refractivity contribution in [3.63, 3.8) is 0 Å². The maximum Gasteiger partial charge on any atom is 0.389 e. The number of halogens is 3. The Balaban J connectivity index is 1.44. The van der Waals surface area contributed by atoms with Crippen LogP contribution in [-0.2, 0) is 29.7 Å². The molecule has 17 heteroatoms. The predicted molar refractivity (Wildman–Crippen MR) is 148 cm³/mol. The van der Waals surface area contributed by atoms with Crippen molar-refractivity contribution < 1.29 is 41.4 Å². The van der Waals surface area contributed by atoms with Gasteiger partial charge in [0, 0.05) is 24.5 Å². The first-order valence-electron chi connectivity index (χ1n) is 12.7. The summed E-state index contributed by atoms with van der Waals surface area (Å²) in [6.45, 7) is 0.365. The fraction of sp³-hybridized carbons (Fsp3) is 0.542. The Morgan fingerprint density at radius 1 is 1.15 bits per heavy atom. The number of imidazole rings is 1. The van der Waals surface area contributed by atoms with E-state index in [-0.39, 0.29) is 17.5 Å². The predicted octanol–water partition coefficient (Wildman–Crippen LogP) is 4.29. The molecular formula is C24H29F3N5O6PS2. The topological polar surface area (TPSA) is 130 Å². The molecule has 11 nitrogen and oxygen atoms in total. The molecule has 2 aliphatic rings. The number of alkyl halides is 3. The molecule has 0 aliphatic carbocycles. The van der Waals surface area contributed by atoms with Crippen molar-refractivity contribution in [1.29, 1.82) is 0 Å². The Morgan fingerprint density at radius 3 is 2.66 bits per heavy atom. The quantitative estimate of drug-likeness (QED) is 0.120. The van der Waals surface area contributed by atoms with E-state index in [1.54, 1.807) is 16.3 Å². The first-order chi connectivity index (χ1) is 19.7. The van der Waals surface area contributed by atoms with Gasteiger partial charge in [-0.25, -0.2) is 15.0 Å². The van der Waals surface area contributed by atoms with E-state index in [2.05, 4.69) is 20.3 Å². The van der Waals surface area contributed by atoms with E-state index in [1.165, 1.54) is 6.33 Å². The lowest BCUT2D eigenvalue weighted by Crippen LogP contribution is -2.31. The fourth-order valence-electron chi connectivity index (χ4n) is 4.61. The lowest BCUT2D eigenvalue weighted by atomic mass is 10.1. The number of hydrogen-bond donors (Lipinski definition) is 2. The van der Waals surface area contributed by atoms with Crippen molar-refractivity contribution in [2.45, 2.75) is 55.0 Å². The Labute approximate surface area is 242 Å². The lowest BCUT2D eigenvalue weighted by Gasteiger charge is -2.21. The number of ether oxygens (including phenoxy) is 3. The van der Waals surface area contributed by atoms with Crippen LogP contribution in [0.3, 0.4) is 0 Å². The molecule has 2 saturated heterocycles. The molecule has 0 radical (unpaired) electrons. The van der Waals surface area contributed by atoms with Gasteiger partial charge < -0.3 is 28.9 Å². The Hall–Kier alpha value is -1.91. The van der Waals surface area contributed by atoms with E-state index in [4.69, 9.17) is 18.7 Å². The average molecular weight is 636 g/mol. The third-order valence-electron chi connectivity index (χ3n) is 6.41. The number of benzene rings is 1. The van der Waals surface area contributed by atoms with Gasteiger partial charge in [0.2, 0.25) is 0 Å². The highest BCUT2D eigenvalue weighted by atomic mass is 32.2. The summed E-state index contributed by atoms with van der Waals surface area (Å²) in [4.78, 5) is 22.7. The number of fused-ring (bicyclic) bond motifs is 2. The van der Waals surface area contributed by atoms with Crippen molar-refractivity contribution in [2.24, 2.45) is 0 Å². The second kappa shape index (κ2) is 13.6. The molecule has 2 aliphatic heterocycles. The first-order valence-corrected chi connectivity index (χ1v) is 16.4. The molecule has 0 amide bonds. The highest BCUT2D eigenvalue weighted by molar-refractivity contribution is 7.99. The van der Waals surface area contributed by atoms with Gasteiger partial charge in [-0.2, -0.15) is 24.9 Å². The number of nitrogens with one attached hydrogen (secondary N) is 1. The smallest absolute Gasteiger partial charge is 0.367 e. The molecule has 5 rings (SSSR count). The van der Waals surface area contributed by atoms with Gasteiger partial charge in [-0.15, -0.1) is 0 Å². The number of thioether (sulfide) groups is 2. The van der Waals surface area contributed by atoms with Crippen LogP contribution in [0.25, 0.3) is 11.2 Å². The molecule has 2 unspecified atom stereocenters. The van der Waals surface area contributed by atoms with E-state index < -0.39 is 51.7 Å². The highest BCUT2D eigenvalue weighted by Crippen LogP contribution is 2.42. The van der Waals surface area contributed by atoms with Crippen LogP contribution in [0.1, 0.15) is 18.2 Å². The Bertz CT molecular complexity index is 1340. The molecule has 1 aromatic carbocycles. The summed E-state index contributed by atoms with van der Waals surface area (Å²) < 4.78 is 75.0. The number of nitrogens with zero attached hydrogens (tertiary/aromatic N) is 4. The van der Waals surface area contributed by atoms with Crippen LogP contribution in [0, 0.1) is 0 Å². The summed E-state index contributed by atoms with van der Waals surface area (Å²) in [6, 6.07) is 9.65. The maximum absolute atomic E-state index is 12.8. The van der Waals surface area contributed by atoms with Crippen molar-refractivity contribution in [2.75, 3.05) is 36.2 Å². The van der Waals surface area contributed by atoms with Gasteiger partial charge in [0.25, 0.3) is 0 Å². The zero-order chi connectivity index (χ0) is 29.0. The van der Waals surface area contributed by atoms with Gasteiger partial charge in [0.05, 0.1) is 19.4 Å². The van der Waals surface area contributed by atoms with Gasteiger partial charge in [0.1, 0.15) is 18.3 Å². The van der Waals surface area contributed by atoms with Gasteiger partial charge in [0.15, 0.2) is 34.7 Å². The molecule has 4 heterocycles. The van der Waals surface area contributed by atoms with E-state index >= 15 is 0 Å². The van der Waals surface area contributed by atoms with Gasteiger partial charge in [-0.1, -0.05) is 42.1 Å². The minimum atomic E-state index is -4.29. The van der Waals surface area contributed by atoms with Crippen molar-refractivity contribution >= 4 is 48.8 Å². The molecule has 0 spiro atoms. The largest absolute Gasteiger partial charge is 0.389 e. The van der Waals surface area contributed by atoms with Crippen molar-refractivity contribution in [3.8, 4) is 0 Å². The minimum Gasteiger partial charge on any atom is -0.367 e. The molecule has 224 valence electrons. The molecule has 2 aromatic heterocycles. The van der Waals surface area contributed by atoms with Crippen LogP contribution in [0.15, 0.2) is 41.8 Å². The Morgan fingerprint density at radius 2 is 1.93 bits per heavy atom. The summed E-state index contributed by atoms with van der Waals surface area (Å²) >= 11 is 2.53. The molecular weight excluding hydrogens is 606 g/mol. The monoisotopic (exact) mass is 635 g/mol. The van der Waals surface area contributed by atoms with E-state index in [9.17, 15) is 22.6 Å². The van der Waals surface area contributed by atoms with Crippen LogP contribution >= 0.6 is 31.8 Å². The number of aromatic nitrogens is 4. The molecule has 0 bridgehead atoms. The van der Waals surface area contributed by atoms with Gasteiger partial charge in [-0.05, 0) is 11.8 Å². The van der Waals surface area contributed by atoms with Crippen LogP contribution in [0.4, 0.5) is 19.0 Å². The summed E-state index contributed by atoms with van der Waals surface area (Å²) in [5.74, 6) is 0.939. The van der Waals surface area contributed by atoms with Gasteiger partial charge in [-0.3, -0.25) is 9.13 Å². The fourth-order valence-corrected chi connectivity index (χ4v) is 6.05. The molecule has 3 aromatic rings. The van der Waals surface area contributed by atoms with E-state index in [0.717, 1.165) is 23.1 Å². The van der Waals surface area contributed by atoms with Crippen LogP contribution in [0.5, 0.6) is 0 Å². The number of rotatable bonds is 13.